The molecule has 1 N–H and O–H groups in total. The maximum Gasteiger partial charge on any atom is 0.207 e. The largest absolute Gasteiger partial charge is 0.490 e. The monoisotopic (exact) mass is 395 g/mol. The molecule has 1 heterocycles. The molecule has 5 nitrogen and oxygen atoms in total. The third kappa shape index (κ3) is 4.77. The predicted octanol–water partition coefficient (Wildman–Crippen LogP) is 3.26. The first kappa shape index (κ1) is 20.0. The van der Waals surface area contributed by atoms with Gasteiger partial charge >= 0.3 is 0 Å². The molecule has 0 spiro atoms. The molecule has 1 aromatic heterocycles. The number of nitrogens with one attached hydrogen (secondary N) is 1. The topological polar surface area (TPSA) is 36.4 Å². The van der Waals surface area contributed by atoms with Crippen LogP contribution in [-0.4, -0.2) is 28.0 Å². The van der Waals surface area contributed by atoms with E-state index < -0.39 is 0 Å². The molecule has 0 saturated heterocycles. The highest BCUT2D eigenvalue weighted by Gasteiger charge is 2.12. The summed E-state index contributed by atoms with van der Waals surface area (Å²) < 4.78 is 10.2. The van der Waals surface area contributed by atoms with Gasteiger partial charge in [0.1, 0.15) is 24.7 Å². The highest BCUT2D eigenvalue weighted by molar-refractivity contribution is 7.71. The van der Waals surface area contributed by atoms with Gasteiger partial charge in [-0.2, -0.15) is 9.78 Å². The number of benzene rings is 2. The number of ether oxygens (including phenoxy) is 1. The molecule has 2 aromatic carbocycles. The van der Waals surface area contributed by atoms with Crippen LogP contribution in [0.15, 0.2) is 61.2 Å². The van der Waals surface area contributed by atoms with Gasteiger partial charge in [0, 0.05) is 11.3 Å². The first-order valence-corrected chi connectivity index (χ1v) is 9.76. The molecule has 0 aliphatic rings. The summed E-state index contributed by atoms with van der Waals surface area (Å²) in [7, 11) is 2.14. The summed E-state index contributed by atoms with van der Waals surface area (Å²) in [6.07, 6.45) is 1.74. The average Bonchev–Trinajstić information content (AvgIpc) is 2.95. The minimum Gasteiger partial charge on any atom is -0.490 e. The molecule has 6 heteroatoms. The minimum atomic E-state index is 0.520. The van der Waals surface area contributed by atoms with E-state index in [9.17, 15) is 0 Å². The van der Waals surface area contributed by atoms with Crippen molar-refractivity contribution in [2.45, 2.75) is 27.1 Å². The van der Waals surface area contributed by atoms with Crippen LogP contribution < -0.4 is 9.64 Å². The van der Waals surface area contributed by atoms with Crippen molar-refractivity contribution >= 4 is 12.2 Å². The minimum absolute atomic E-state index is 0.520. The summed E-state index contributed by atoms with van der Waals surface area (Å²) in [6.45, 7) is 9.83. The van der Waals surface area contributed by atoms with Crippen LogP contribution in [-0.2, 0) is 13.2 Å². The van der Waals surface area contributed by atoms with Crippen molar-refractivity contribution < 1.29 is 9.64 Å². The number of quaternary nitrogens is 1. The van der Waals surface area contributed by atoms with Crippen LogP contribution in [0.4, 0.5) is 0 Å². The number of nitrogens with zero attached hydrogens (tertiary/aromatic N) is 3. The molecule has 0 amide bonds. The number of aromatic nitrogens is 3. The van der Waals surface area contributed by atoms with Gasteiger partial charge in [-0.05, 0) is 62.5 Å². The zero-order valence-electron chi connectivity index (χ0n) is 16.7. The Labute approximate surface area is 171 Å². The molecule has 0 aliphatic carbocycles. The number of hydrogen-bond donors (Lipinski definition) is 1. The summed E-state index contributed by atoms with van der Waals surface area (Å²) in [5.74, 6) is 1.75. The fourth-order valence-corrected chi connectivity index (χ4v) is 3.47. The van der Waals surface area contributed by atoms with E-state index in [1.165, 1.54) is 16.0 Å². The Morgan fingerprint density at radius 2 is 1.79 bits per heavy atom. The normalized spacial score (nSPS) is 12.0. The van der Waals surface area contributed by atoms with Crippen molar-refractivity contribution in [3.8, 4) is 11.4 Å². The van der Waals surface area contributed by atoms with Gasteiger partial charge in [0.25, 0.3) is 0 Å². The fraction of sp³-hybridized carbons (Fsp3) is 0.273. The van der Waals surface area contributed by atoms with Crippen LogP contribution in [0.2, 0.25) is 0 Å². The number of rotatable bonds is 8. The Kier molecular flexibility index (Phi) is 6.44. The van der Waals surface area contributed by atoms with Gasteiger partial charge in [0.15, 0.2) is 6.67 Å². The average molecular weight is 396 g/mol. The molecule has 3 rings (SSSR count). The summed E-state index contributed by atoms with van der Waals surface area (Å²) in [4.78, 5) is 1.30. The smallest absolute Gasteiger partial charge is 0.207 e. The Morgan fingerprint density at radius 3 is 2.43 bits per heavy atom. The molecule has 0 aliphatic heterocycles. The highest BCUT2D eigenvalue weighted by atomic mass is 32.1. The molecule has 1 unspecified atom stereocenters. The number of hydrogen-bond acceptors (Lipinski definition) is 3. The van der Waals surface area contributed by atoms with Gasteiger partial charge in [0.2, 0.25) is 4.77 Å². The lowest BCUT2D eigenvalue weighted by Gasteiger charge is -2.14. The molecular weight excluding hydrogens is 368 g/mol. The van der Waals surface area contributed by atoms with Crippen molar-refractivity contribution in [1.82, 2.24) is 14.3 Å². The zero-order chi connectivity index (χ0) is 20.1. The van der Waals surface area contributed by atoms with Crippen molar-refractivity contribution in [1.29, 1.82) is 0 Å². The van der Waals surface area contributed by atoms with Crippen molar-refractivity contribution in [2.24, 2.45) is 0 Å². The van der Waals surface area contributed by atoms with Crippen molar-refractivity contribution in [3.63, 3.8) is 0 Å². The van der Waals surface area contributed by atoms with E-state index in [4.69, 9.17) is 17.0 Å². The zero-order valence-corrected chi connectivity index (χ0v) is 17.5. The van der Waals surface area contributed by atoms with Crippen molar-refractivity contribution in [2.75, 3.05) is 13.7 Å². The Hall–Kier alpha value is -2.70. The number of aryl methyl sites for hydroxylation is 2. The van der Waals surface area contributed by atoms with Crippen molar-refractivity contribution in [3.05, 3.63) is 82.9 Å². The van der Waals surface area contributed by atoms with Crippen LogP contribution in [0.5, 0.6) is 5.75 Å². The van der Waals surface area contributed by atoms with Crippen LogP contribution in [0.1, 0.15) is 17.0 Å². The SMILES string of the molecule is C=CCOc1ccc(C[NH+](C)Cn2nc(C)n(-c3ccc(C)cc3)c2=S)cc1. The van der Waals surface area contributed by atoms with Crippen LogP contribution in [0, 0.1) is 18.6 Å². The highest BCUT2D eigenvalue weighted by Crippen LogP contribution is 2.13. The maximum atomic E-state index is 5.69. The molecule has 1 atom stereocenters. The van der Waals surface area contributed by atoms with Crippen LogP contribution in [0.3, 0.4) is 0 Å². The second-order valence-corrected chi connectivity index (χ2v) is 7.40. The van der Waals surface area contributed by atoms with Crippen LogP contribution >= 0.6 is 12.2 Å². The lowest BCUT2D eigenvalue weighted by molar-refractivity contribution is -0.917. The van der Waals surface area contributed by atoms with Gasteiger partial charge in [-0.15, -0.1) is 0 Å². The van der Waals surface area contributed by atoms with E-state index in [1.807, 2.05) is 28.3 Å². The summed E-state index contributed by atoms with van der Waals surface area (Å²) in [5, 5.41) is 4.66. The van der Waals surface area contributed by atoms with E-state index in [0.29, 0.717) is 18.0 Å². The van der Waals surface area contributed by atoms with Gasteiger partial charge < -0.3 is 9.64 Å². The molecule has 0 saturated carbocycles. The van der Waals surface area contributed by atoms with Gasteiger partial charge in [-0.3, -0.25) is 4.57 Å². The Morgan fingerprint density at radius 1 is 1.11 bits per heavy atom. The molecule has 0 fully saturated rings. The second kappa shape index (κ2) is 8.99. The third-order valence-corrected chi connectivity index (χ3v) is 4.90. The Balaban J connectivity index is 1.70. The molecule has 0 radical (unpaired) electrons. The van der Waals surface area contributed by atoms with E-state index in [1.54, 1.807) is 6.08 Å². The van der Waals surface area contributed by atoms with E-state index >= 15 is 0 Å². The van der Waals surface area contributed by atoms with E-state index in [0.717, 1.165) is 23.8 Å². The lowest BCUT2D eigenvalue weighted by atomic mass is 10.2. The fourth-order valence-electron chi connectivity index (χ4n) is 3.13. The first-order chi connectivity index (χ1) is 13.5. The third-order valence-electron chi connectivity index (χ3n) is 4.51. The first-order valence-electron chi connectivity index (χ1n) is 9.35. The molecule has 146 valence electrons. The van der Waals surface area contributed by atoms with Crippen LogP contribution in [0.25, 0.3) is 5.69 Å². The lowest BCUT2D eigenvalue weighted by Crippen LogP contribution is -3.07. The van der Waals surface area contributed by atoms with Gasteiger partial charge in [0.05, 0.1) is 7.05 Å². The predicted molar refractivity (Wildman–Crippen MR) is 115 cm³/mol. The quantitative estimate of drug-likeness (QED) is 0.470. The summed E-state index contributed by atoms with van der Waals surface area (Å²) in [6, 6.07) is 16.5. The maximum absolute atomic E-state index is 5.69. The van der Waals surface area contributed by atoms with E-state index in [2.05, 4.69) is 62.0 Å². The van der Waals surface area contributed by atoms with E-state index in [-0.39, 0.29) is 0 Å². The van der Waals surface area contributed by atoms with Gasteiger partial charge in [-0.25, -0.2) is 0 Å². The molecule has 28 heavy (non-hydrogen) atoms. The second-order valence-electron chi connectivity index (χ2n) is 7.04. The molecule has 3 aromatic rings. The molecule has 0 bridgehead atoms. The Bertz CT molecular complexity index is 987. The summed E-state index contributed by atoms with van der Waals surface area (Å²) in [5.41, 5.74) is 3.52. The molecular formula is C22H27N4OS+. The standard InChI is InChI=1S/C22H26N4OS/c1-5-14-27-21-12-8-19(9-13-21)15-24(4)16-25-22(28)26(18(3)23-25)20-10-6-17(2)7-11-20/h5-13H,1,14-16H2,2-4H3/p+1. The summed E-state index contributed by atoms with van der Waals surface area (Å²) >= 11 is 5.69. The van der Waals surface area contributed by atoms with Gasteiger partial charge in [-0.1, -0.05) is 30.4 Å².